The Kier molecular flexibility index (Phi) is 5.99. The number of sulfonamides is 1. The van der Waals surface area contributed by atoms with Crippen molar-refractivity contribution in [2.24, 2.45) is 0 Å². The molecular weight excluding hydrogens is 448 g/mol. The Labute approximate surface area is 183 Å². The third-order valence-corrected chi connectivity index (χ3v) is 8.12. The first kappa shape index (κ1) is 22.3. The molecule has 0 unspecified atom stereocenters. The second-order valence-corrected chi connectivity index (χ2v) is 10.0. The second-order valence-electron chi connectivity index (χ2n) is 7.16. The van der Waals surface area contributed by atoms with Gasteiger partial charge in [0, 0.05) is 6.42 Å². The van der Waals surface area contributed by atoms with Gasteiger partial charge in [-0.15, -0.1) is 11.3 Å². The topological polar surface area (TPSA) is 110 Å². The van der Waals surface area contributed by atoms with Crippen molar-refractivity contribution in [3.05, 3.63) is 54.9 Å². The molecule has 0 aliphatic carbocycles. The molecule has 2 heterocycles. The number of thiophene rings is 1. The number of Topliss-reactive ketones (excluding diaryl/α,β-unsaturated/α-hetero) is 1. The molecule has 1 aromatic carbocycles. The van der Waals surface area contributed by atoms with Gasteiger partial charge in [0.15, 0.2) is 5.78 Å². The molecule has 0 saturated heterocycles. The molecule has 160 valence electrons. The van der Waals surface area contributed by atoms with E-state index in [2.05, 4.69) is 9.88 Å². The van der Waals surface area contributed by atoms with Crippen molar-refractivity contribution >= 4 is 44.6 Å². The zero-order valence-corrected chi connectivity index (χ0v) is 19.5. The number of halogens is 1. The number of hydrogen-bond acceptors (Lipinski definition) is 7. The van der Waals surface area contributed by atoms with Gasteiger partial charge in [-0.2, -0.15) is 0 Å². The summed E-state index contributed by atoms with van der Waals surface area (Å²) in [5.74, 6) is -0.424. The van der Waals surface area contributed by atoms with E-state index in [1.54, 1.807) is 39.1 Å². The van der Waals surface area contributed by atoms with E-state index in [4.69, 9.17) is 16.1 Å². The molecule has 7 nitrogen and oxygen atoms in total. The molecule has 0 saturated carbocycles. The smallest absolute Gasteiger partial charge is 0.266 e. The molecular formula is C20H21ClN2O5S2. The van der Waals surface area contributed by atoms with Crippen LogP contribution in [0.25, 0.3) is 0 Å². The number of nitrogens with zero attached hydrogens (tertiary/aromatic N) is 1. The number of benzene rings is 1. The van der Waals surface area contributed by atoms with Crippen LogP contribution in [0.3, 0.4) is 0 Å². The largest absolute Gasteiger partial charge is 0.507 e. The van der Waals surface area contributed by atoms with Gasteiger partial charge in [0.2, 0.25) is 0 Å². The second kappa shape index (κ2) is 8.05. The Morgan fingerprint density at radius 1 is 1.20 bits per heavy atom. The van der Waals surface area contributed by atoms with Crippen molar-refractivity contribution in [1.29, 1.82) is 0 Å². The molecule has 0 bridgehead atoms. The number of aromatic nitrogens is 1. The first-order valence-corrected chi connectivity index (χ1v) is 11.7. The predicted octanol–water partition coefficient (Wildman–Crippen LogP) is 4.86. The molecule has 2 aromatic heterocycles. The molecule has 0 atom stereocenters. The van der Waals surface area contributed by atoms with Crippen LogP contribution in [-0.4, -0.2) is 24.5 Å². The average Bonchev–Trinajstić information content (AvgIpc) is 3.21. The van der Waals surface area contributed by atoms with E-state index in [-0.39, 0.29) is 38.6 Å². The van der Waals surface area contributed by atoms with E-state index in [9.17, 15) is 18.3 Å². The molecule has 0 radical (unpaired) electrons. The van der Waals surface area contributed by atoms with Crippen LogP contribution in [0.15, 0.2) is 20.9 Å². The Hall–Kier alpha value is -2.36. The van der Waals surface area contributed by atoms with Gasteiger partial charge >= 0.3 is 0 Å². The van der Waals surface area contributed by atoms with Crippen LogP contribution in [0.2, 0.25) is 5.02 Å². The number of phenolic OH excluding ortho intramolecular Hbond substituents is 1. The van der Waals surface area contributed by atoms with Crippen LogP contribution in [0.4, 0.5) is 5.88 Å². The fourth-order valence-corrected chi connectivity index (χ4v) is 6.21. The highest BCUT2D eigenvalue weighted by Gasteiger charge is 2.29. The van der Waals surface area contributed by atoms with Gasteiger partial charge in [0.25, 0.3) is 15.9 Å². The molecule has 3 rings (SSSR count). The first-order valence-electron chi connectivity index (χ1n) is 8.98. The molecule has 2 N–H and O–H groups in total. The summed E-state index contributed by atoms with van der Waals surface area (Å²) in [7, 11) is -4.14. The summed E-state index contributed by atoms with van der Waals surface area (Å²) >= 11 is 7.08. The summed E-state index contributed by atoms with van der Waals surface area (Å²) in [4.78, 5) is 13.1. The summed E-state index contributed by atoms with van der Waals surface area (Å²) in [6.45, 7) is 8.58. The lowest BCUT2D eigenvalue weighted by molar-refractivity contribution is 0.0993. The van der Waals surface area contributed by atoms with Crippen molar-refractivity contribution in [3.63, 3.8) is 0 Å². The van der Waals surface area contributed by atoms with Gasteiger partial charge < -0.3 is 9.63 Å². The monoisotopic (exact) mass is 468 g/mol. The van der Waals surface area contributed by atoms with Crippen molar-refractivity contribution < 1.29 is 22.8 Å². The number of phenols is 1. The molecule has 0 aliphatic heterocycles. The molecule has 0 aliphatic rings. The van der Waals surface area contributed by atoms with Gasteiger partial charge in [-0.3, -0.25) is 4.79 Å². The number of ketones is 1. The Morgan fingerprint density at radius 2 is 1.87 bits per heavy atom. The Balaban J connectivity index is 1.99. The average molecular weight is 469 g/mol. The Morgan fingerprint density at radius 3 is 2.47 bits per heavy atom. The van der Waals surface area contributed by atoms with Crippen molar-refractivity contribution in [2.75, 3.05) is 4.72 Å². The summed E-state index contributed by atoms with van der Waals surface area (Å²) < 4.78 is 33.2. The fraction of sp³-hybridized carbons (Fsp3) is 0.300. The number of carbonyl (C=O) groups excluding carboxylic acids is 1. The highest BCUT2D eigenvalue weighted by molar-refractivity contribution is 7.93. The first-order chi connectivity index (χ1) is 13.9. The third kappa shape index (κ3) is 3.97. The number of aromatic hydroxyl groups is 1. The SMILES string of the molecule is Cc1cc(C)c(CC(=O)c2scc(C)c2S(=O)(=O)Nc2onc(C)c2Cl)c(C)c1O. The summed E-state index contributed by atoms with van der Waals surface area (Å²) in [5, 5.41) is 15.5. The van der Waals surface area contributed by atoms with E-state index < -0.39 is 10.0 Å². The molecule has 0 amide bonds. The quantitative estimate of drug-likeness (QED) is 0.500. The molecule has 10 heteroatoms. The Bertz CT molecular complexity index is 1260. The van der Waals surface area contributed by atoms with Crippen LogP contribution in [0, 0.1) is 34.6 Å². The van der Waals surface area contributed by atoms with E-state index in [1.165, 1.54) is 0 Å². The normalized spacial score (nSPS) is 11.7. The standard InChI is InChI=1S/C20H21ClN2O5S2/c1-9-6-10(2)17(25)12(4)14(9)7-15(24)18-19(11(3)8-29-18)30(26,27)23-20-16(21)13(5)22-28-20/h6,8,23,25H,7H2,1-5H3. The minimum atomic E-state index is -4.14. The lowest BCUT2D eigenvalue weighted by atomic mass is 9.94. The number of nitrogens with one attached hydrogen (secondary N) is 1. The fourth-order valence-electron chi connectivity index (χ4n) is 3.28. The lowest BCUT2D eigenvalue weighted by Gasteiger charge is -2.14. The van der Waals surface area contributed by atoms with E-state index in [0.29, 0.717) is 22.4 Å². The van der Waals surface area contributed by atoms with Crippen LogP contribution >= 0.6 is 22.9 Å². The maximum atomic E-state index is 13.1. The lowest BCUT2D eigenvalue weighted by Crippen LogP contribution is -2.17. The van der Waals surface area contributed by atoms with Gasteiger partial charge in [0.05, 0.1) is 4.88 Å². The summed E-state index contributed by atoms with van der Waals surface area (Å²) in [6, 6.07) is 1.80. The highest BCUT2D eigenvalue weighted by atomic mass is 35.5. The number of anilines is 1. The van der Waals surface area contributed by atoms with Crippen LogP contribution in [0.5, 0.6) is 5.75 Å². The van der Waals surface area contributed by atoms with Gasteiger partial charge in [0.1, 0.15) is 21.4 Å². The maximum Gasteiger partial charge on any atom is 0.266 e. The van der Waals surface area contributed by atoms with E-state index >= 15 is 0 Å². The minimum Gasteiger partial charge on any atom is -0.507 e. The molecule has 0 fully saturated rings. The number of carbonyl (C=O) groups is 1. The minimum absolute atomic E-state index is 0.0316. The van der Waals surface area contributed by atoms with Crippen molar-refractivity contribution in [3.8, 4) is 5.75 Å². The molecule has 30 heavy (non-hydrogen) atoms. The van der Waals surface area contributed by atoms with Gasteiger partial charge in [-0.05, 0) is 67.8 Å². The maximum absolute atomic E-state index is 13.1. The number of rotatable bonds is 6. The summed E-state index contributed by atoms with van der Waals surface area (Å²) in [5.41, 5.74) is 3.65. The number of aryl methyl sites for hydroxylation is 4. The van der Waals surface area contributed by atoms with E-state index in [0.717, 1.165) is 22.5 Å². The van der Waals surface area contributed by atoms with Crippen molar-refractivity contribution in [1.82, 2.24) is 5.16 Å². The van der Waals surface area contributed by atoms with E-state index in [1.807, 2.05) is 6.92 Å². The zero-order chi connectivity index (χ0) is 22.4. The van der Waals surface area contributed by atoms with Crippen LogP contribution in [-0.2, 0) is 16.4 Å². The summed E-state index contributed by atoms with van der Waals surface area (Å²) in [6.07, 6.45) is -0.0316. The van der Waals surface area contributed by atoms with Crippen molar-refractivity contribution in [2.45, 2.75) is 45.9 Å². The van der Waals surface area contributed by atoms with Crippen LogP contribution < -0.4 is 4.72 Å². The molecule has 3 aromatic rings. The highest BCUT2D eigenvalue weighted by Crippen LogP contribution is 2.34. The van der Waals surface area contributed by atoms with Gasteiger partial charge in [-0.1, -0.05) is 22.8 Å². The van der Waals surface area contributed by atoms with Crippen LogP contribution in [0.1, 0.15) is 43.2 Å². The van der Waals surface area contributed by atoms with Gasteiger partial charge in [-0.25, -0.2) is 13.1 Å². The number of hydrogen-bond donors (Lipinski definition) is 2. The third-order valence-electron chi connectivity index (χ3n) is 4.89. The molecule has 0 spiro atoms. The predicted molar refractivity (Wildman–Crippen MR) is 116 cm³/mol. The zero-order valence-electron chi connectivity index (χ0n) is 17.1.